The molecule has 8 heteroatoms. The third-order valence-corrected chi connectivity index (χ3v) is 8.21. The van der Waals surface area contributed by atoms with Gasteiger partial charge in [0, 0.05) is 43.2 Å². The molecule has 8 nitrogen and oxygen atoms in total. The molecule has 0 spiro atoms. The second kappa shape index (κ2) is 8.01. The Kier molecular flexibility index (Phi) is 4.96. The lowest BCUT2D eigenvalue weighted by Crippen LogP contribution is -2.46. The van der Waals surface area contributed by atoms with Crippen LogP contribution >= 0.6 is 0 Å². The number of hydrogen-bond acceptors (Lipinski definition) is 6. The van der Waals surface area contributed by atoms with Crippen LogP contribution < -0.4 is 0 Å². The fourth-order valence-corrected chi connectivity index (χ4v) is 6.71. The number of fused-ring (bicyclic) bond motifs is 5. The smallest absolute Gasteiger partial charge is 0.242 e. The van der Waals surface area contributed by atoms with Crippen LogP contribution in [0.1, 0.15) is 43.7 Å². The molecule has 2 aromatic rings. The molecule has 0 aromatic carbocycles. The molecule has 2 aliphatic carbocycles. The second-order valence-corrected chi connectivity index (χ2v) is 9.88. The first-order valence-electron chi connectivity index (χ1n) is 11.9. The zero-order valence-electron chi connectivity index (χ0n) is 18.5. The highest BCUT2D eigenvalue weighted by Crippen LogP contribution is 2.56. The quantitative estimate of drug-likeness (QED) is 0.670. The van der Waals surface area contributed by atoms with E-state index < -0.39 is 0 Å². The van der Waals surface area contributed by atoms with Crippen LogP contribution in [0.4, 0.5) is 0 Å². The van der Waals surface area contributed by atoms with E-state index in [0.717, 1.165) is 48.9 Å². The van der Waals surface area contributed by atoms with E-state index in [-0.39, 0.29) is 42.0 Å². The highest BCUT2D eigenvalue weighted by Gasteiger charge is 2.61. The minimum absolute atomic E-state index is 0.0778. The highest BCUT2D eigenvalue weighted by atomic mass is 16.2. The lowest BCUT2D eigenvalue weighted by Gasteiger charge is -2.34. The second-order valence-electron chi connectivity index (χ2n) is 9.88. The van der Waals surface area contributed by atoms with Gasteiger partial charge >= 0.3 is 0 Å². The van der Waals surface area contributed by atoms with Crippen molar-refractivity contribution in [2.45, 2.75) is 38.0 Å². The van der Waals surface area contributed by atoms with Gasteiger partial charge in [-0.1, -0.05) is 0 Å². The zero-order valence-corrected chi connectivity index (χ0v) is 18.5. The first kappa shape index (κ1) is 20.4. The Morgan fingerprint density at radius 2 is 1.73 bits per heavy atom. The number of hydrogen-bond donors (Lipinski definition) is 0. The summed E-state index contributed by atoms with van der Waals surface area (Å²) < 4.78 is 0. The molecule has 33 heavy (non-hydrogen) atoms. The van der Waals surface area contributed by atoms with Gasteiger partial charge in [-0.15, -0.1) is 0 Å². The van der Waals surface area contributed by atoms with Gasteiger partial charge in [0.05, 0.1) is 17.5 Å². The molecule has 0 N–H and O–H groups in total. The minimum Gasteiger partial charge on any atom is -0.340 e. The molecule has 2 saturated heterocycles. The molecular weight excluding hydrogens is 418 g/mol. The molecule has 2 aliphatic heterocycles. The molecule has 4 aliphatic rings. The Balaban J connectivity index is 1.18. The van der Waals surface area contributed by atoms with Gasteiger partial charge in [-0.05, 0) is 61.6 Å². The third kappa shape index (κ3) is 3.34. The summed E-state index contributed by atoms with van der Waals surface area (Å²) in [6, 6.07) is 3.87. The van der Waals surface area contributed by atoms with Gasteiger partial charge in [0.1, 0.15) is 12.9 Å². The number of carbonyl (C=O) groups is 3. The van der Waals surface area contributed by atoms with Crippen LogP contribution in [0.5, 0.6) is 0 Å². The third-order valence-electron chi connectivity index (χ3n) is 8.21. The van der Waals surface area contributed by atoms with Crippen LogP contribution in [0, 0.1) is 23.7 Å². The van der Waals surface area contributed by atoms with Gasteiger partial charge in [0.2, 0.25) is 17.7 Å². The Hall–Kier alpha value is -3.16. The zero-order chi connectivity index (χ0) is 22.5. The topological polar surface area (TPSA) is 96.4 Å². The van der Waals surface area contributed by atoms with Crippen LogP contribution in [0.25, 0.3) is 11.1 Å². The molecule has 5 unspecified atom stereocenters. The molecule has 3 amide bonds. The van der Waals surface area contributed by atoms with Gasteiger partial charge in [0.25, 0.3) is 0 Å². The first-order valence-corrected chi connectivity index (χ1v) is 11.9. The first-order chi connectivity index (χ1) is 16.1. The van der Waals surface area contributed by atoms with Gasteiger partial charge in [-0.3, -0.25) is 24.3 Å². The monoisotopic (exact) mass is 445 g/mol. The van der Waals surface area contributed by atoms with Crippen LogP contribution in [0.2, 0.25) is 0 Å². The maximum atomic E-state index is 13.2. The van der Waals surface area contributed by atoms with Crippen molar-refractivity contribution >= 4 is 17.7 Å². The van der Waals surface area contributed by atoms with Crippen molar-refractivity contribution in [3.63, 3.8) is 0 Å². The highest BCUT2D eigenvalue weighted by molar-refractivity contribution is 6.08. The SMILES string of the molecule is O=C(CN1C(=O)C2C3CCC(C3)C2C1=O)N1CCCC(c2ncncc2-c2ccncc2)C1. The van der Waals surface area contributed by atoms with Gasteiger partial charge < -0.3 is 4.90 Å². The van der Waals surface area contributed by atoms with E-state index in [2.05, 4.69) is 15.0 Å². The van der Waals surface area contributed by atoms with E-state index in [9.17, 15) is 14.4 Å². The fraction of sp³-hybridized carbons (Fsp3) is 0.520. The Labute approximate surface area is 192 Å². The lowest BCUT2D eigenvalue weighted by molar-refractivity contribution is -0.147. The number of rotatable bonds is 4. The van der Waals surface area contributed by atoms with Crippen LogP contribution in [-0.4, -0.2) is 62.1 Å². The summed E-state index contributed by atoms with van der Waals surface area (Å²) in [5.41, 5.74) is 2.87. The van der Waals surface area contributed by atoms with Crippen molar-refractivity contribution in [1.29, 1.82) is 0 Å². The number of nitrogens with zero attached hydrogens (tertiary/aromatic N) is 5. The van der Waals surface area contributed by atoms with Crippen molar-refractivity contribution in [3.8, 4) is 11.1 Å². The molecule has 170 valence electrons. The molecular formula is C25H27N5O3. The summed E-state index contributed by atoms with van der Waals surface area (Å²) in [4.78, 5) is 55.2. The van der Waals surface area contributed by atoms with Gasteiger partial charge in [0.15, 0.2) is 0 Å². The van der Waals surface area contributed by atoms with Crippen LogP contribution in [0.15, 0.2) is 37.1 Å². The lowest BCUT2D eigenvalue weighted by atomic mass is 9.81. The Bertz CT molecular complexity index is 1080. The summed E-state index contributed by atoms with van der Waals surface area (Å²) >= 11 is 0. The summed E-state index contributed by atoms with van der Waals surface area (Å²) in [6.07, 6.45) is 11.7. The van der Waals surface area contributed by atoms with E-state index in [1.54, 1.807) is 23.6 Å². The minimum atomic E-state index is -0.179. The van der Waals surface area contributed by atoms with Crippen molar-refractivity contribution < 1.29 is 14.4 Å². The largest absolute Gasteiger partial charge is 0.340 e. The summed E-state index contributed by atoms with van der Waals surface area (Å²) in [5, 5.41) is 0. The average molecular weight is 446 g/mol. The molecule has 2 aromatic heterocycles. The molecule has 0 radical (unpaired) electrons. The maximum absolute atomic E-state index is 13.2. The van der Waals surface area contributed by atoms with Crippen molar-refractivity contribution in [3.05, 3.63) is 42.7 Å². The van der Waals surface area contributed by atoms with Crippen LogP contribution in [-0.2, 0) is 14.4 Å². The van der Waals surface area contributed by atoms with Crippen molar-refractivity contribution in [1.82, 2.24) is 24.8 Å². The number of aromatic nitrogens is 3. The number of amides is 3. The molecule has 4 fully saturated rings. The van der Waals surface area contributed by atoms with Crippen LogP contribution in [0.3, 0.4) is 0 Å². The standard InChI is InChI=1S/C25H27N5O3/c31-20(13-30-24(32)21-16-3-4-17(10-16)22(21)25(30)33)29-9-1-2-18(12-29)23-19(11-27-14-28-23)15-5-7-26-8-6-15/h5-8,11,14,16-18,21-22H,1-4,9-10,12-13H2. The van der Waals surface area contributed by atoms with Gasteiger partial charge in [-0.2, -0.15) is 0 Å². The summed E-state index contributed by atoms with van der Waals surface area (Å²) in [6.45, 7) is 1.04. The predicted molar refractivity (Wildman–Crippen MR) is 118 cm³/mol. The van der Waals surface area contributed by atoms with E-state index in [0.29, 0.717) is 24.9 Å². The van der Waals surface area contributed by atoms with Gasteiger partial charge in [-0.25, -0.2) is 9.97 Å². The molecule has 4 heterocycles. The molecule has 2 bridgehead atoms. The van der Waals surface area contributed by atoms with Crippen molar-refractivity contribution in [2.75, 3.05) is 19.6 Å². The van der Waals surface area contributed by atoms with E-state index in [1.165, 1.54) is 4.90 Å². The summed E-state index contributed by atoms with van der Waals surface area (Å²) in [5.74, 6) is 0.0110. The number of pyridine rings is 1. The molecule has 2 saturated carbocycles. The summed E-state index contributed by atoms with van der Waals surface area (Å²) in [7, 11) is 0. The number of likely N-dealkylation sites (tertiary alicyclic amines) is 2. The molecule has 5 atom stereocenters. The Morgan fingerprint density at radius 1 is 1.00 bits per heavy atom. The molecule has 6 rings (SSSR count). The van der Waals surface area contributed by atoms with Crippen molar-refractivity contribution in [2.24, 2.45) is 23.7 Å². The number of piperidine rings is 1. The van der Waals surface area contributed by atoms with E-state index in [4.69, 9.17) is 0 Å². The number of carbonyl (C=O) groups excluding carboxylic acids is 3. The fourth-order valence-electron chi connectivity index (χ4n) is 6.71. The average Bonchev–Trinajstić information content (AvgIpc) is 3.55. The normalized spacial score (nSPS) is 30.7. The predicted octanol–water partition coefficient (Wildman–Crippen LogP) is 2.28. The van der Waals surface area contributed by atoms with E-state index >= 15 is 0 Å². The maximum Gasteiger partial charge on any atom is 0.242 e. The van der Waals surface area contributed by atoms with E-state index in [1.807, 2.05) is 18.3 Å². The Morgan fingerprint density at radius 3 is 2.45 bits per heavy atom. The number of imide groups is 1.